The first-order valence-corrected chi connectivity index (χ1v) is 9.74. The van der Waals surface area contributed by atoms with Crippen LogP contribution in [0.4, 0.5) is 0 Å². The molecule has 0 saturated carbocycles. The molecule has 2 saturated heterocycles. The number of carboxylic acids is 1. The molecule has 2 amide bonds. The molecule has 2 fully saturated rings. The van der Waals surface area contributed by atoms with E-state index in [-0.39, 0.29) is 76.2 Å². The Bertz CT molecular complexity index is 974. The van der Waals surface area contributed by atoms with Crippen molar-refractivity contribution < 1.29 is 106 Å². The van der Waals surface area contributed by atoms with Gasteiger partial charge in [-0.15, -0.1) is 0 Å². The van der Waals surface area contributed by atoms with Crippen molar-refractivity contribution in [2.75, 3.05) is 6.61 Å². The third-order valence-corrected chi connectivity index (χ3v) is 5.48. The van der Waals surface area contributed by atoms with Gasteiger partial charge in [-0.1, -0.05) is 30.3 Å². The summed E-state index contributed by atoms with van der Waals surface area (Å²) in [7, 11) is -5.14. The van der Waals surface area contributed by atoms with Gasteiger partial charge in [0.05, 0.1) is 6.42 Å². The summed E-state index contributed by atoms with van der Waals surface area (Å²) >= 11 is 0. The van der Waals surface area contributed by atoms with Gasteiger partial charge in [-0.25, -0.2) is 8.42 Å². The van der Waals surface area contributed by atoms with Gasteiger partial charge in [0.25, 0.3) is 11.6 Å². The minimum atomic E-state index is -5.14. The van der Waals surface area contributed by atoms with E-state index >= 15 is 0 Å². The molecule has 2 aliphatic heterocycles. The van der Waals surface area contributed by atoms with E-state index in [0.717, 1.165) is 0 Å². The Labute approximate surface area is 220 Å². The number of benzene rings is 1. The Hall–Kier alpha value is -1.03. The summed E-state index contributed by atoms with van der Waals surface area (Å²) in [5, 5.41) is 11.7. The van der Waals surface area contributed by atoms with Gasteiger partial charge >= 0.3 is 65.1 Å². The van der Waals surface area contributed by atoms with Gasteiger partial charge in [-0.3, -0.25) is 19.2 Å². The molecule has 2 aliphatic rings. The van der Waals surface area contributed by atoms with Gasteiger partial charge in [-0.2, -0.15) is 5.06 Å². The molecule has 1 N–H and O–H groups in total. The fourth-order valence-electron chi connectivity index (χ4n) is 3.07. The molecule has 0 aliphatic carbocycles. The zero-order valence-electron chi connectivity index (χ0n) is 16.6. The number of nitrogens with one attached hydrogen (secondary N) is 1. The van der Waals surface area contributed by atoms with Gasteiger partial charge in [-0.05, 0) is 5.56 Å². The van der Waals surface area contributed by atoms with Crippen LogP contribution in [0.1, 0.15) is 23.7 Å². The summed E-state index contributed by atoms with van der Waals surface area (Å²) in [6.07, 6.45) is -0.731. The summed E-state index contributed by atoms with van der Waals surface area (Å²) in [6.45, 7) is -0.572. The molecule has 1 aromatic rings. The van der Waals surface area contributed by atoms with E-state index in [0.29, 0.717) is 0 Å². The summed E-state index contributed by atoms with van der Waals surface area (Å²) in [5.41, 5.74) is -2.60. The Morgan fingerprint density at radius 3 is 2.29 bits per heavy atom. The van der Waals surface area contributed by atoms with Crippen molar-refractivity contribution >= 4 is 33.9 Å². The Balaban J connectivity index is 0.00000240. The largest absolute Gasteiger partial charge is 1.00 e. The van der Waals surface area contributed by atoms with E-state index < -0.39 is 63.9 Å². The molecule has 0 spiro atoms. The number of nitrogens with zero attached hydrogens (tertiary/aromatic N) is 1. The SMILES string of the molecule is O=C1CCC(C(=O)[O-])(N2OC[C@H](NC(=O)C(c3ccccc3)S(=O)(=O)[O-])C2=O)O1.[Na+].[Na+]. The van der Waals surface area contributed by atoms with Crippen LogP contribution in [0.25, 0.3) is 0 Å². The molecular weight excluding hydrogens is 458 g/mol. The van der Waals surface area contributed by atoms with Crippen LogP contribution >= 0.6 is 0 Å². The fraction of sp³-hybridized carbons (Fsp3) is 0.375. The second kappa shape index (κ2) is 10.7. The molecule has 2 unspecified atom stereocenters. The summed E-state index contributed by atoms with van der Waals surface area (Å²) < 4.78 is 39.5. The van der Waals surface area contributed by atoms with Crippen molar-refractivity contribution in [3.8, 4) is 0 Å². The number of rotatable bonds is 6. The predicted octanol–water partition coefficient (Wildman–Crippen LogP) is -8.68. The van der Waals surface area contributed by atoms with Crippen LogP contribution in [-0.2, 0) is 38.9 Å². The van der Waals surface area contributed by atoms with Gasteiger partial charge in [0.2, 0.25) is 5.91 Å². The minimum Gasteiger partial charge on any atom is -0.747 e. The topological polar surface area (TPSA) is 182 Å². The number of hydroxylamine groups is 2. The van der Waals surface area contributed by atoms with Crippen LogP contribution in [0.3, 0.4) is 0 Å². The Morgan fingerprint density at radius 1 is 1.19 bits per heavy atom. The first-order chi connectivity index (χ1) is 13.6. The van der Waals surface area contributed by atoms with Crippen molar-refractivity contribution in [1.82, 2.24) is 10.4 Å². The van der Waals surface area contributed by atoms with E-state index in [1.54, 1.807) is 6.07 Å². The first kappa shape index (κ1) is 28.0. The van der Waals surface area contributed by atoms with Crippen LogP contribution in [0.15, 0.2) is 30.3 Å². The molecule has 0 aromatic heterocycles. The van der Waals surface area contributed by atoms with E-state index in [1.807, 2.05) is 0 Å². The predicted molar refractivity (Wildman–Crippen MR) is 86.7 cm³/mol. The summed E-state index contributed by atoms with van der Waals surface area (Å²) in [4.78, 5) is 52.8. The third kappa shape index (κ3) is 5.67. The Kier molecular flexibility index (Phi) is 9.69. The van der Waals surface area contributed by atoms with Crippen LogP contribution in [0.5, 0.6) is 0 Å². The van der Waals surface area contributed by atoms with Gasteiger partial charge in [0.15, 0.2) is 5.25 Å². The molecule has 0 radical (unpaired) electrons. The fourth-order valence-corrected chi connectivity index (χ4v) is 3.89. The molecule has 15 heteroatoms. The van der Waals surface area contributed by atoms with Crippen molar-refractivity contribution in [2.24, 2.45) is 0 Å². The summed E-state index contributed by atoms with van der Waals surface area (Å²) in [5.74, 6) is -5.18. The number of carbonyl (C=O) groups excluding carboxylic acids is 4. The number of ether oxygens (including phenoxy) is 1. The average Bonchev–Trinajstić information content (AvgIpc) is 3.19. The maximum Gasteiger partial charge on any atom is 1.00 e. The van der Waals surface area contributed by atoms with Crippen molar-refractivity contribution in [3.05, 3.63) is 35.9 Å². The molecule has 3 atom stereocenters. The molecule has 0 bridgehead atoms. The van der Waals surface area contributed by atoms with Crippen LogP contribution in [0, 0.1) is 0 Å². The van der Waals surface area contributed by atoms with E-state index in [4.69, 9.17) is 9.57 Å². The van der Waals surface area contributed by atoms with Crippen molar-refractivity contribution in [2.45, 2.75) is 29.9 Å². The van der Waals surface area contributed by atoms with E-state index in [1.165, 1.54) is 24.3 Å². The standard InChI is InChI=1S/C16H16N2O10S.2Na/c19-11-6-7-16(28-11,15(22)23)18-14(21)10(8-27-18)17-13(20)12(29(24,25)26)9-4-2-1-3-5-9;;/h1-5,10,12H,6-8H2,(H,17,20)(H,22,23)(H,24,25,26);;/q;2*+1/p-2/t10-,12?,16?;;/m0../s1. The molecule has 12 nitrogen and oxygen atoms in total. The number of carboxylic acid groups (broad SMARTS) is 1. The van der Waals surface area contributed by atoms with Crippen LogP contribution in [-0.4, -0.2) is 60.2 Å². The Morgan fingerprint density at radius 2 is 1.81 bits per heavy atom. The normalized spacial score (nSPS) is 23.9. The number of hydrogen-bond donors (Lipinski definition) is 1. The maximum absolute atomic E-state index is 12.5. The van der Waals surface area contributed by atoms with Gasteiger partial charge in [0.1, 0.15) is 28.7 Å². The number of amides is 2. The number of cyclic esters (lactones) is 1. The third-order valence-electron chi connectivity index (χ3n) is 4.41. The summed E-state index contributed by atoms with van der Waals surface area (Å²) in [6, 6.07) is 5.38. The number of aliphatic carboxylic acids is 1. The van der Waals surface area contributed by atoms with Crippen LogP contribution in [0.2, 0.25) is 0 Å². The molecule has 1 aromatic carbocycles. The zero-order valence-corrected chi connectivity index (χ0v) is 21.4. The van der Waals surface area contributed by atoms with Gasteiger partial charge in [0, 0.05) is 6.42 Å². The van der Waals surface area contributed by atoms with E-state index in [2.05, 4.69) is 5.32 Å². The number of hydrogen-bond acceptors (Lipinski definition) is 10. The molecular formula is C16H14N2Na2O10S. The van der Waals surface area contributed by atoms with E-state index in [9.17, 15) is 37.3 Å². The maximum atomic E-state index is 12.5. The van der Waals surface area contributed by atoms with Crippen molar-refractivity contribution in [1.29, 1.82) is 0 Å². The smallest absolute Gasteiger partial charge is 0.747 e. The van der Waals surface area contributed by atoms with Gasteiger partial charge < -0.3 is 24.5 Å². The molecule has 3 rings (SSSR count). The second-order valence-corrected chi connectivity index (χ2v) is 7.78. The quantitative estimate of drug-likeness (QED) is 0.237. The molecule has 31 heavy (non-hydrogen) atoms. The minimum absolute atomic E-state index is 0. The number of carbonyl (C=O) groups is 4. The average molecular weight is 472 g/mol. The first-order valence-electron chi connectivity index (χ1n) is 8.26. The van der Waals surface area contributed by atoms with Crippen molar-refractivity contribution in [3.63, 3.8) is 0 Å². The molecule has 156 valence electrons. The zero-order chi connectivity index (χ0) is 21.4. The number of esters is 1. The monoisotopic (exact) mass is 472 g/mol. The second-order valence-electron chi connectivity index (χ2n) is 6.32. The van der Waals surface area contributed by atoms with Crippen LogP contribution < -0.4 is 69.5 Å². The molecule has 2 heterocycles.